The molecule has 1 aromatic rings. The van der Waals surface area contributed by atoms with Gasteiger partial charge in [0.25, 0.3) is 0 Å². The summed E-state index contributed by atoms with van der Waals surface area (Å²) in [7, 11) is 1.42. The molecule has 0 atom stereocenters. The van der Waals surface area contributed by atoms with Crippen LogP contribution in [0.25, 0.3) is 0 Å². The predicted octanol–water partition coefficient (Wildman–Crippen LogP) is 2.04. The molecule has 18 heavy (non-hydrogen) atoms. The smallest absolute Gasteiger partial charge is 0.306 e. The van der Waals surface area contributed by atoms with Crippen molar-refractivity contribution in [2.24, 2.45) is 0 Å². The van der Waals surface area contributed by atoms with Crippen LogP contribution in [0.3, 0.4) is 0 Å². The van der Waals surface area contributed by atoms with E-state index in [0.717, 1.165) is 17.8 Å². The van der Waals surface area contributed by atoms with E-state index in [1.807, 2.05) is 24.3 Å². The van der Waals surface area contributed by atoms with E-state index in [-0.39, 0.29) is 5.97 Å². The first-order valence-electron chi connectivity index (χ1n) is 6.18. The minimum absolute atomic E-state index is 0.173. The van der Waals surface area contributed by atoms with Crippen LogP contribution in [0.2, 0.25) is 0 Å². The maximum absolute atomic E-state index is 11.2. The Hall–Kier alpha value is -1.55. The molecule has 0 heterocycles. The highest BCUT2D eigenvalue weighted by Gasteiger charge is 2.12. The van der Waals surface area contributed by atoms with E-state index < -0.39 is 0 Å². The maximum Gasteiger partial charge on any atom is 0.306 e. The molecule has 0 amide bonds. The number of nitrogens with zero attached hydrogens (tertiary/aromatic N) is 1. The monoisotopic (exact) mass is 250 g/mol. The molecule has 0 saturated heterocycles. The maximum atomic E-state index is 11.2. The number of anilines is 1. The highest BCUT2D eigenvalue weighted by atomic mass is 16.5. The van der Waals surface area contributed by atoms with Gasteiger partial charge in [0.2, 0.25) is 0 Å². The molecule has 0 unspecified atom stereocenters. The average molecular weight is 250 g/mol. The lowest BCUT2D eigenvalue weighted by atomic mass is 10.1. The standard InChI is InChI=1S/C14H22N2O2/c1-11(2)16(8-7-14(17)18-3)10-12-5-4-6-13(15)9-12/h4-6,9,11H,7-8,10,15H2,1-3H3. The molecule has 0 spiro atoms. The van der Waals surface area contributed by atoms with Crippen LogP contribution in [0, 0.1) is 0 Å². The van der Waals surface area contributed by atoms with Gasteiger partial charge in [0.1, 0.15) is 0 Å². The first kappa shape index (κ1) is 14.5. The summed E-state index contributed by atoms with van der Waals surface area (Å²) in [6.07, 6.45) is 0.414. The Balaban J connectivity index is 2.60. The van der Waals surface area contributed by atoms with Crippen molar-refractivity contribution in [1.29, 1.82) is 0 Å². The van der Waals surface area contributed by atoms with E-state index in [9.17, 15) is 4.79 Å². The quantitative estimate of drug-likeness (QED) is 0.620. The molecule has 0 radical (unpaired) electrons. The Bertz CT molecular complexity index is 391. The zero-order valence-corrected chi connectivity index (χ0v) is 11.3. The number of carbonyl (C=O) groups is 1. The van der Waals surface area contributed by atoms with Crippen molar-refractivity contribution in [3.8, 4) is 0 Å². The molecule has 0 fully saturated rings. The average Bonchev–Trinajstić information content (AvgIpc) is 2.33. The third-order valence-corrected chi connectivity index (χ3v) is 2.90. The lowest BCUT2D eigenvalue weighted by molar-refractivity contribution is -0.141. The van der Waals surface area contributed by atoms with E-state index in [1.165, 1.54) is 7.11 Å². The van der Waals surface area contributed by atoms with Gasteiger partial charge >= 0.3 is 5.97 Å². The second kappa shape index (κ2) is 7.01. The van der Waals surface area contributed by atoms with Crippen LogP contribution in [0.4, 0.5) is 5.69 Å². The number of carbonyl (C=O) groups excluding carboxylic acids is 1. The number of hydrogen-bond acceptors (Lipinski definition) is 4. The SMILES string of the molecule is COC(=O)CCN(Cc1cccc(N)c1)C(C)C. The Kier molecular flexibility index (Phi) is 5.65. The van der Waals surface area contributed by atoms with Crippen molar-refractivity contribution in [1.82, 2.24) is 4.90 Å². The molecule has 1 aromatic carbocycles. The number of nitrogen functional groups attached to an aromatic ring is 1. The predicted molar refractivity (Wildman–Crippen MR) is 73.0 cm³/mol. The molecule has 0 saturated carbocycles. The summed E-state index contributed by atoms with van der Waals surface area (Å²) in [5, 5.41) is 0. The van der Waals surface area contributed by atoms with E-state index in [0.29, 0.717) is 19.0 Å². The normalized spacial score (nSPS) is 10.9. The van der Waals surface area contributed by atoms with Gasteiger partial charge < -0.3 is 10.5 Å². The van der Waals surface area contributed by atoms with Gasteiger partial charge in [-0.3, -0.25) is 9.69 Å². The molecular formula is C14H22N2O2. The zero-order chi connectivity index (χ0) is 13.5. The van der Waals surface area contributed by atoms with E-state index in [4.69, 9.17) is 5.73 Å². The van der Waals surface area contributed by atoms with Gasteiger partial charge in [0, 0.05) is 24.8 Å². The van der Waals surface area contributed by atoms with Gasteiger partial charge in [-0.1, -0.05) is 12.1 Å². The van der Waals surface area contributed by atoms with Crippen LogP contribution >= 0.6 is 0 Å². The van der Waals surface area contributed by atoms with Crippen LogP contribution in [-0.4, -0.2) is 30.6 Å². The highest BCUT2D eigenvalue weighted by Crippen LogP contribution is 2.12. The number of nitrogens with two attached hydrogens (primary N) is 1. The first-order chi connectivity index (χ1) is 8.52. The number of rotatable bonds is 6. The first-order valence-corrected chi connectivity index (χ1v) is 6.18. The van der Waals surface area contributed by atoms with E-state index in [2.05, 4.69) is 23.5 Å². The van der Waals surface area contributed by atoms with Gasteiger partial charge in [0.15, 0.2) is 0 Å². The summed E-state index contributed by atoms with van der Waals surface area (Å²) in [6, 6.07) is 8.20. The summed E-state index contributed by atoms with van der Waals surface area (Å²) in [5.41, 5.74) is 7.69. The Morgan fingerprint density at radius 3 is 2.72 bits per heavy atom. The second-order valence-corrected chi connectivity index (χ2v) is 4.64. The van der Waals surface area contributed by atoms with Gasteiger partial charge in [-0.2, -0.15) is 0 Å². The van der Waals surface area contributed by atoms with Crippen LogP contribution in [-0.2, 0) is 16.1 Å². The summed E-state index contributed by atoms with van der Waals surface area (Å²) in [4.78, 5) is 13.4. The van der Waals surface area contributed by atoms with Crippen LogP contribution in [0.1, 0.15) is 25.8 Å². The van der Waals surface area contributed by atoms with Crippen molar-refractivity contribution >= 4 is 11.7 Å². The second-order valence-electron chi connectivity index (χ2n) is 4.64. The van der Waals surface area contributed by atoms with Crippen LogP contribution in [0.15, 0.2) is 24.3 Å². The fourth-order valence-electron chi connectivity index (χ4n) is 1.78. The van der Waals surface area contributed by atoms with Gasteiger partial charge in [-0.15, -0.1) is 0 Å². The summed E-state index contributed by atoms with van der Waals surface area (Å²) in [5.74, 6) is -0.173. The van der Waals surface area contributed by atoms with Crippen LogP contribution in [0.5, 0.6) is 0 Å². The van der Waals surface area contributed by atoms with Gasteiger partial charge in [-0.25, -0.2) is 0 Å². The molecule has 0 aliphatic carbocycles. The third kappa shape index (κ3) is 4.75. The van der Waals surface area contributed by atoms with Crippen molar-refractivity contribution in [3.05, 3.63) is 29.8 Å². The van der Waals surface area contributed by atoms with Gasteiger partial charge in [0.05, 0.1) is 13.5 Å². The largest absolute Gasteiger partial charge is 0.469 e. The fraction of sp³-hybridized carbons (Fsp3) is 0.500. The summed E-state index contributed by atoms with van der Waals surface area (Å²) >= 11 is 0. The molecule has 0 bridgehead atoms. The lowest BCUT2D eigenvalue weighted by Crippen LogP contribution is -2.32. The van der Waals surface area contributed by atoms with Crippen LogP contribution < -0.4 is 5.73 Å². The lowest BCUT2D eigenvalue weighted by Gasteiger charge is -2.26. The molecular weight excluding hydrogens is 228 g/mol. The Morgan fingerprint density at radius 1 is 1.44 bits per heavy atom. The molecule has 4 nitrogen and oxygen atoms in total. The molecule has 0 aromatic heterocycles. The molecule has 2 N–H and O–H groups in total. The van der Waals surface area contributed by atoms with Crippen molar-refractivity contribution < 1.29 is 9.53 Å². The summed E-state index contributed by atoms with van der Waals surface area (Å²) < 4.78 is 4.66. The number of hydrogen-bond donors (Lipinski definition) is 1. The number of esters is 1. The molecule has 4 heteroatoms. The Labute approximate surface area is 109 Å². The third-order valence-electron chi connectivity index (χ3n) is 2.90. The van der Waals surface area contributed by atoms with Crippen molar-refractivity contribution in [2.75, 3.05) is 19.4 Å². The molecule has 0 aliphatic heterocycles. The Morgan fingerprint density at radius 2 is 2.17 bits per heavy atom. The van der Waals surface area contributed by atoms with Crippen molar-refractivity contribution in [2.45, 2.75) is 32.9 Å². The van der Waals surface area contributed by atoms with E-state index in [1.54, 1.807) is 0 Å². The van der Waals surface area contributed by atoms with E-state index >= 15 is 0 Å². The topological polar surface area (TPSA) is 55.6 Å². The highest BCUT2D eigenvalue weighted by molar-refractivity contribution is 5.69. The van der Waals surface area contributed by atoms with Crippen molar-refractivity contribution in [3.63, 3.8) is 0 Å². The number of ether oxygens (including phenoxy) is 1. The molecule has 1 rings (SSSR count). The molecule has 0 aliphatic rings. The molecule has 100 valence electrons. The number of methoxy groups -OCH3 is 1. The zero-order valence-electron chi connectivity index (χ0n) is 11.3. The summed E-state index contributed by atoms with van der Waals surface area (Å²) in [6.45, 7) is 5.71. The number of benzene rings is 1. The minimum atomic E-state index is -0.173. The minimum Gasteiger partial charge on any atom is -0.469 e. The van der Waals surface area contributed by atoms with Gasteiger partial charge in [-0.05, 0) is 31.5 Å². The fourth-order valence-corrected chi connectivity index (χ4v) is 1.78.